The third-order valence-electron chi connectivity index (χ3n) is 3.77. The van der Waals surface area contributed by atoms with Gasteiger partial charge in [0.1, 0.15) is 0 Å². The normalized spacial score (nSPS) is 21.7. The number of likely N-dealkylation sites (N-methyl/N-ethyl adjacent to an activating group) is 1. The minimum atomic E-state index is 1.13. The second-order valence-electron chi connectivity index (χ2n) is 5.58. The van der Waals surface area contributed by atoms with Gasteiger partial charge in [-0.1, -0.05) is 78.5 Å². The molecule has 0 amide bonds. The van der Waals surface area contributed by atoms with Crippen molar-refractivity contribution in [2.75, 3.05) is 11.9 Å². The second-order valence-corrected chi connectivity index (χ2v) is 6.72. The van der Waals surface area contributed by atoms with E-state index in [1.54, 1.807) is 11.8 Å². The van der Waals surface area contributed by atoms with E-state index in [-0.39, 0.29) is 0 Å². The van der Waals surface area contributed by atoms with Crippen LogP contribution >= 0.6 is 11.8 Å². The second kappa shape index (κ2) is 8.95. The summed E-state index contributed by atoms with van der Waals surface area (Å²) in [5.74, 6) is 0. The van der Waals surface area contributed by atoms with Crippen LogP contribution in [0.25, 0.3) is 0 Å². The number of anilines is 1. The van der Waals surface area contributed by atoms with E-state index in [0.717, 1.165) is 11.4 Å². The van der Waals surface area contributed by atoms with Crippen molar-refractivity contribution < 1.29 is 0 Å². The van der Waals surface area contributed by atoms with Gasteiger partial charge in [-0.05, 0) is 42.5 Å². The Labute approximate surface area is 154 Å². The van der Waals surface area contributed by atoms with Crippen molar-refractivity contribution in [1.29, 1.82) is 0 Å². The number of hydrogen-bond donors (Lipinski definition) is 0. The monoisotopic (exact) mass is 343 g/mol. The van der Waals surface area contributed by atoms with E-state index in [1.807, 2.05) is 36.4 Å². The maximum absolute atomic E-state index is 2.23. The molecule has 1 aliphatic heterocycles. The lowest BCUT2D eigenvalue weighted by molar-refractivity contribution is 1.13. The van der Waals surface area contributed by atoms with E-state index >= 15 is 0 Å². The van der Waals surface area contributed by atoms with Gasteiger partial charge in [-0.15, -0.1) is 0 Å². The highest BCUT2D eigenvalue weighted by atomic mass is 32.2. The van der Waals surface area contributed by atoms with Gasteiger partial charge in [-0.3, -0.25) is 0 Å². The topological polar surface area (TPSA) is 3.24 Å². The molecule has 0 spiro atoms. The minimum absolute atomic E-state index is 1.13. The first-order valence-electron chi connectivity index (χ1n) is 8.28. The molecule has 25 heavy (non-hydrogen) atoms. The summed E-state index contributed by atoms with van der Waals surface area (Å²) in [5, 5.41) is 0. The maximum atomic E-state index is 2.23. The van der Waals surface area contributed by atoms with Gasteiger partial charge in [0, 0.05) is 28.2 Å². The van der Waals surface area contributed by atoms with Crippen LogP contribution in [0.5, 0.6) is 0 Å². The van der Waals surface area contributed by atoms with Gasteiger partial charge in [-0.2, -0.15) is 0 Å². The van der Waals surface area contributed by atoms with Gasteiger partial charge in [0.15, 0.2) is 0 Å². The van der Waals surface area contributed by atoms with Crippen molar-refractivity contribution >= 4 is 17.4 Å². The number of allylic oxidation sites excluding steroid dienone is 10. The summed E-state index contributed by atoms with van der Waals surface area (Å²) in [6, 6.07) is 16.8. The summed E-state index contributed by atoms with van der Waals surface area (Å²) in [4.78, 5) is 4.60. The quantitative estimate of drug-likeness (QED) is 0.539. The summed E-state index contributed by atoms with van der Waals surface area (Å²) >= 11 is 1.77. The Balaban J connectivity index is 2.23. The van der Waals surface area contributed by atoms with E-state index in [9.17, 15) is 0 Å². The molecule has 1 nitrogen and oxygen atoms in total. The fourth-order valence-electron chi connectivity index (χ4n) is 2.43. The molecule has 0 fully saturated rings. The van der Waals surface area contributed by atoms with E-state index in [1.165, 1.54) is 9.80 Å². The average Bonchev–Trinajstić information content (AvgIpc) is 2.66. The van der Waals surface area contributed by atoms with Crippen LogP contribution in [0.4, 0.5) is 5.69 Å². The van der Waals surface area contributed by atoms with Crippen molar-refractivity contribution in [3.63, 3.8) is 0 Å². The molecule has 2 aliphatic rings. The highest BCUT2D eigenvalue weighted by molar-refractivity contribution is 8.03. The number of fused-ring (bicyclic) bond motifs is 4. The Bertz CT molecular complexity index is 852. The summed E-state index contributed by atoms with van der Waals surface area (Å²) in [5.41, 5.74) is 2.28. The molecule has 0 radical (unpaired) electrons. The molecule has 1 aromatic carbocycles. The smallest absolute Gasteiger partial charge is 0.0419 e. The summed E-state index contributed by atoms with van der Waals surface area (Å²) in [6.45, 7) is 0. The zero-order chi connectivity index (χ0) is 17.3. The largest absolute Gasteiger partial charge is 0.345 e. The summed E-state index contributed by atoms with van der Waals surface area (Å²) in [7, 11) is 2.10. The Morgan fingerprint density at radius 2 is 1.40 bits per heavy atom. The van der Waals surface area contributed by atoms with Crippen LogP contribution < -0.4 is 4.90 Å². The molecule has 1 aliphatic carbocycles. The fourth-order valence-corrected chi connectivity index (χ4v) is 3.31. The van der Waals surface area contributed by atoms with Crippen LogP contribution in [0.1, 0.15) is 0 Å². The number of hydrogen-bond acceptors (Lipinski definition) is 2. The minimum Gasteiger partial charge on any atom is -0.345 e. The van der Waals surface area contributed by atoms with Crippen LogP contribution in [0.2, 0.25) is 0 Å². The average molecular weight is 343 g/mol. The van der Waals surface area contributed by atoms with Crippen LogP contribution in [0.3, 0.4) is 0 Å². The molecule has 0 saturated heterocycles. The van der Waals surface area contributed by atoms with Gasteiger partial charge in [0.05, 0.1) is 0 Å². The number of thioether (sulfide) groups is 1. The lowest BCUT2D eigenvalue weighted by Gasteiger charge is -2.19. The molecular weight excluding hydrogens is 322 g/mol. The lowest BCUT2D eigenvalue weighted by atomic mass is 10.2. The van der Waals surface area contributed by atoms with E-state index in [0.29, 0.717) is 0 Å². The van der Waals surface area contributed by atoms with Gasteiger partial charge < -0.3 is 4.90 Å². The lowest BCUT2D eigenvalue weighted by Crippen LogP contribution is -2.14. The molecule has 0 saturated carbocycles. The molecule has 4 bridgehead atoms. The first-order chi connectivity index (χ1) is 12.3. The highest BCUT2D eigenvalue weighted by Gasteiger charge is 2.07. The molecule has 1 aromatic rings. The van der Waals surface area contributed by atoms with E-state index in [2.05, 4.69) is 84.8 Å². The standard InChI is InChI=1S/C23H21NS/c1-24-20-13-9-5-2-3-7-11-15-22(18-17-20)25-23-16-12-8-4-6-10-14-21(24)19-23/h2-19H,1H3/b3-2-,5-2?,6-4?,7-3?,8-4?,9-5-,10-6?,11-7-,12-8?,13-9?,14-10?,15-11?,16-12?,18-17?,20-13?,20-17?,21-14?,21-19?,22-15-,22-18?,23-16?,23-19?. The van der Waals surface area contributed by atoms with Crippen LogP contribution in [-0.4, -0.2) is 7.05 Å². The number of nitrogens with zero attached hydrogens (tertiary/aromatic N) is 1. The Hall–Kier alpha value is -2.71. The van der Waals surface area contributed by atoms with E-state index < -0.39 is 0 Å². The molecule has 0 aromatic heterocycles. The Kier molecular flexibility index (Phi) is 6.13. The highest BCUT2D eigenvalue weighted by Crippen LogP contribution is 2.32. The molecule has 124 valence electrons. The third kappa shape index (κ3) is 5.13. The maximum Gasteiger partial charge on any atom is 0.0419 e. The molecule has 0 N–H and O–H groups in total. The van der Waals surface area contributed by atoms with Crippen molar-refractivity contribution in [1.82, 2.24) is 0 Å². The predicted molar refractivity (Wildman–Crippen MR) is 111 cm³/mol. The third-order valence-corrected chi connectivity index (χ3v) is 4.77. The fraction of sp³-hybridized carbons (Fsp3) is 0.0435. The Morgan fingerprint density at radius 3 is 2.24 bits per heavy atom. The van der Waals surface area contributed by atoms with Crippen molar-refractivity contribution in [2.24, 2.45) is 0 Å². The van der Waals surface area contributed by atoms with Crippen LogP contribution in [0, 0.1) is 0 Å². The van der Waals surface area contributed by atoms with Crippen molar-refractivity contribution in [3.8, 4) is 0 Å². The van der Waals surface area contributed by atoms with Crippen LogP contribution in [-0.2, 0) is 0 Å². The first kappa shape index (κ1) is 17.1. The van der Waals surface area contributed by atoms with Gasteiger partial charge >= 0.3 is 0 Å². The van der Waals surface area contributed by atoms with Crippen LogP contribution in [0.15, 0.2) is 125 Å². The summed E-state index contributed by atoms with van der Waals surface area (Å²) < 4.78 is 0. The Morgan fingerprint density at radius 1 is 0.720 bits per heavy atom. The van der Waals surface area contributed by atoms with Crippen molar-refractivity contribution in [3.05, 3.63) is 120 Å². The van der Waals surface area contributed by atoms with Gasteiger partial charge in [0.25, 0.3) is 0 Å². The van der Waals surface area contributed by atoms with E-state index in [4.69, 9.17) is 0 Å². The molecule has 0 atom stereocenters. The molecule has 0 unspecified atom stereocenters. The summed E-state index contributed by atoms with van der Waals surface area (Å²) in [6.07, 6.45) is 20.9. The zero-order valence-corrected chi connectivity index (χ0v) is 15.1. The zero-order valence-electron chi connectivity index (χ0n) is 14.2. The SMILES string of the molecule is CN1C2=C\C=C/C=C\C=C/C=C(/C=C2)Sc2cccccccc1c2. The molecular formula is C23H21NS. The van der Waals surface area contributed by atoms with Crippen molar-refractivity contribution in [2.45, 2.75) is 4.90 Å². The van der Waals surface area contributed by atoms with Gasteiger partial charge in [0.2, 0.25) is 0 Å². The molecule has 3 rings (SSSR count). The van der Waals surface area contributed by atoms with Gasteiger partial charge in [-0.25, -0.2) is 0 Å². The number of rotatable bonds is 0. The molecule has 1 heterocycles. The predicted octanol–water partition coefficient (Wildman–Crippen LogP) is 6.36. The molecule has 2 heteroatoms. The first-order valence-corrected chi connectivity index (χ1v) is 9.10.